The van der Waals surface area contributed by atoms with Gasteiger partial charge in [-0.15, -0.1) is 0 Å². The molecule has 0 fully saturated rings. The Morgan fingerprint density at radius 3 is 1.27 bits per heavy atom. The maximum Gasteiger partial charge on any atom is 0.405 e. The summed E-state index contributed by atoms with van der Waals surface area (Å²) in [6.45, 7) is 13.8. The lowest BCUT2D eigenvalue weighted by Crippen LogP contribution is -2.38. The van der Waals surface area contributed by atoms with Gasteiger partial charge in [-0.25, -0.2) is 9.59 Å². The lowest BCUT2D eigenvalue weighted by molar-refractivity contribution is -0.120. The van der Waals surface area contributed by atoms with Crippen molar-refractivity contribution in [3.05, 3.63) is 117 Å². The zero-order valence-corrected chi connectivity index (χ0v) is 48.4. The first-order valence-electron chi connectivity index (χ1n) is 26.9. The van der Waals surface area contributed by atoms with Crippen molar-refractivity contribution < 1.29 is 77.0 Å². The van der Waals surface area contributed by atoms with Gasteiger partial charge in [-0.2, -0.15) is 0 Å². The Kier molecular flexibility index (Phi) is 25.6. The molecule has 22 heteroatoms. The van der Waals surface area contributed by atoms with Gasteiger partial charge in [-0.05, 0) is 82.8 Å². The average molecular weight is 1130 g/mol. The number of amides is 4. The molecule has 10 N–H and O–H groups in total. The van der Waals surface area contributed by atoms with E-state index in [0.717, 1.165) is 12.2 Å². The van der Waals surface area contributed by atoms with Crippen LogP contribution in [0.3, 0.4) is 0 Å². The topological polar surface area (TPSA) is 333 Å². The first kappa shape index (κ1) is 66.4. The molecule has 0 aromatic carbocycles. The summed E-state index contributed by atoms with van der Waals surface area (Å²) in [5.74, 6) is -5.62. The van der Waals surface area contributed by atoms with Crippen molar-refractivity contribution in [1.82, 2.24) is 21.3 Å². The number of ketones is 4. The molecular weight excluding hydrogens is 1050 g/mol. The third-order valence-corrected chi connectivity index (χ3v) is 14.5. The van der Waals surface area contributed by atoms with Crippen molar-refractivity contribution in [1.29, 1.82) is 0 Å². The second kappa shape index (κ2) is 31.2. The fourth-order valence-corrected chi connectivity index (χ4v) is 10.1. The predicted molar refractivity (Wildman–Crippen MR) is 300 cm³/mol. The highest BCUT2D eigenvalue weighted by Gasteiger charge is 2.36. The first-order valence-corrected chi connectivity index (χ1v) is 26.9. The monoisotopic (exact) mass is 1130 g/mol. The molecule has 0 aromatic rings. The predicted octanol–water partition coefficient (Wildman–Crippen LogP) is 4.11. The highest BCUT2D eigenvalue weighted by molar-refractivity contribution is 6.24. The number of aliphatic hydroxyl groups excluding tert-OH is 2. The lowest BCUT2D eigenvalue weighted by Gasteiger charge is -2.30. The molecule has 81 heavy (non-hydrogen) atoms. The summed E-state index contributed by atoms with van der Waals surface area (Å²) < 4.78 is 33.7. The Balaban J connectivity index is 1.65. The minimum Gasteiger partial charge on any atom is -0.439 e. The van der Waals surface area contributed by atoms with E-state index in [0.29, 0.717) is 11.1 Å². The molecular formula is C59H82N6O16. The molecule has 2 unspecified atom stereocenters. The third-order valence-electron chi connectivity index (χ3n) is 14.5. The van der Waals surface area contributed by atoms with Crippen LogP contribution < -0.4 is 32.7 Å². The molecule has 4 bridgehead atoms. The van der Waals surface area contributed by atoms with Crippen LogP contribution in [0, 0.1) is 23.7 Å². The smallest absolute Gasteiger partial charge is 0.405 e. The van der Waals surface area contributed by atoms with E-state index < -0.39 is 108 Å². The van der Waals surface area contributed by atoms with Crippen LogP contribution in [0.4, 0.5) is 9.59 Å². The molecule has 0 saturated heterocycles. The van der Waals surface area contributed by atoms with Crippen LogP contribution in [0.5, 0.6) is 0 Å². The molecule has 2 heterocycles. The van der Waals surface area contributed by atoms with Crippen molar-refractivity contribution in [2.24, 2.45) is 35.1 Å². The molecule has 0 aromatic heterocycles. The second-order valence-electron chi connectivity index (χ2n) is 21.1. The van der Waals surface area contributed by atoms with Crippen molar-refractivity contribution in [2.75, 3.05) is 41.5 Å². The number of Topliss-reactive ketones (excluding diaryl/α,β-unsaturated/α-hetero) is 2. The summed E-state index contributed by atoms with van der Waals surface area (Å²) in [4.78, 5) is 108. The van der Waals surface area contributed by atoms with E-state index in [9.17, 15) is 48.6 Å². The van der Waals surface area contributed by atoms with E-state index in [1.54, 1.807) is 52.0 Å². The normalized spacial score (nSPS) is 32.7. The number of primary amides is 2. The van der Waals surface area contributed by atoms with E-state index in [1.807, 2.05) is 13.8 Å². The molecule has 0 saturated carbocycles. The molecule has 22 nitrogen and oxygen atoms in total. The lowest BCUT2D eigenvalue weighted by atomic mass is 9.85. The first-order chi connectivity index (χ1) is 38.3. The number of nitrogens with two attached hydrogens (primary N) is 2. The molecule has 0 radical (unpaired) electrons. The van der Waals surface area contributed by atoms with Gasteiger partial charge in [0.05, 0.1) is 47.2 Å². The van der Waals surface area contributed by atoms with Crippen LogP contribution in [-0.2, 0) is 57.2 Å². The average Bonchev–Trinajstić information content (AvgIpc) is 3.45. The number of rotatable bonds is 12. The fraction of sp³-hybridized carbons (Fsp3) is 0.525. The number of allylic oxidation sites excluding steroid dienone is 8. The summed E-state index contributed by atoms with van der Waals surface area (Å²) in [7, 11) is 5.69. The summed E-state index contributed by atoms with van der Waals surface area (Å²) in [5, 5.41) is 34.6. The van der Waals surface area contributed by atoms with Crippen LogP contribution in [0.15, 0.2) is 117 Å². The quantitative estimate of drug-likeness (QED) is 0.0774. The second-order valence-corrected chi connectivity index (χ2v) is 21.1. The highest BCUT2D eigenvalue weighted by atomic mass is 16.6. The highest BCUT2D eigenvalue weighted by Crippen LogP contribution is 2.31. The molecule has 0 spiro atoms. The molecule has 4 rings (SSSR count). The number of nitrogens with one attached hydrogen (secondary N) is 4. The fourth-order valence-electron chi connectivity index (χ4n) is 10.1. The van der Waals surface area contributed by atoms with Gasteiger partial charge < -0.3 is 71.4 Å². The zero-order valence-electron chi connectivity index (χ0n) is 48.4. The molecule has 2 aliphatic heterocycles. The molecule has 12 atom stereocenters. The van der Waals surface area contributed by atoms with Crippen LogP contribution >= 0.6 is 0 Å². The van der Waals surface area contributed by atoms with Crippen LogP contribution in [0.1, 0.15) is 87.5 Å². The van der Waals surface area contributed by atoms with Gasteiger partial charge in [0.25, 0.3) is 11.8 Å². The summed E-state index contributed by atoms with van der Waals surface area (Å²) in [5.41, 5.74) is 11.9. The van der Waals surface area contributed by atoms with Crippen molar-refractivity contribution >= 4 is 47.1 Å². The Hall–Kier alpha value is -7.08. The number of hydrogen-bond acceptors (Lipinski definition) is 18. The van der Waals surface area contributed by atoms with E-state index in [4.69, 9.17) is 39.9 Å². The largest absolute Gasteiger partial charge is 0.439 e. The Labute approximate surface area is 473 Å². The maximum atomic E-state index is 14.4. The van der Waals surface area contributed by atoms with Crippen molar-refractivity contribution in [3.8, 4) is 0 Å². The van der Waals surface area contributed by atoms with Crippen molar-refractivity contribution in [2.45, 2.75) is 136 Å². The summed E-state index contributed by atoms with van der Waals surface area (Å²) in [6.07, 6.45) is 5.74. The minimum absolute atomic E-state index is 0.00642. The maximum absolute atomic E-state index is 14.4. The van der Waals surface area contributed by atoms with Crippen LogP contribution in [0.25, 0.3) is 0 Å². The Bertz CT molecular complexity index is 2530. The third kappa shape index (κ3) is 18.5. The van der Waals surface area contributed by atoms with Gasteiger partial charge in [-0.1, -0.05) is 76.3 Å². The summed E-state index contributed by atoms with van der Waals surface area (Å²) >= 11 is 0. The molecule has 2 aliphatic carbocycles. The number of ether oxygens (including phenoxy) is 6. The zero-order chi connectivity index (χ0) is 60.4. The number of carbonyl (C=O) groups is 8. The van der Waals surface area contributed by atoms with Crippen LogP contribution in [-0.4, -0.2) is 148 Å². The van der Waals surface area contributed by atoms with Crippen LogP contribution in [0.2, 0.25) is 0 Å². The molecule has 4 amide bonds. The van der Waals surface area contributed by atoms with Gasteiger partial charge in [0.1, 0.15) is 12.2 Å². The Morgan fingerprint density at radius 2 is 0.951 bits per heavy atom. The minimum atomic E-state index is -1.09. The van der Waals surface area contributed by atoms with Gasteiger partial charge in [0.15, 0.2) is 12.2 Å². The number of hydrogen-bond donors (Lipinski definition) is 8. The van der Waals surface area contributed by atoms with Gasteiger partial charge >= 0.3 is 12.2 Å². The summed E-state index contributed by atoms with van der Waals surface area (Å²) in [6, 6.07) is 0. The molecule has 444 valence electrons. The van der Waals surface area contributed by atoms with Gasteiger partial charge in [0.2, 0.25) is 23.1 Å². The van der Waals surface area contributed by atoms with E-state index in [-0.39, 0.29) is 102 Å². The van der Waals surface area contributed by atoms with Crippen molar-refractivity contribution in [3.63, 3.8) is 0 Å². The van der Waals surface area contributed by atoms with Gasteiger partial charge in [-0.3, -0.25) is 28.8 Å². The van der Waals surface area contributed by atoms with E-state index in [1.165, 1.54) is 66.6 Å². The number of carbonyl (C=O) groups excluding carboxylic acids is 8. The number of aliphatic hydroxyl groups is 2. The SMILES string of the molecule is CO[C@H]1C[C@H](C)CC2=C(NCCCNC3=C4C[C@@H](C)C[C@H](OC)C(O)[C@@H](C)/C=C(\C)[C@H](OC(N)=O)[C@@H](OC)/C=C\C=C(/C)C(=O)NC(=CC3=O)C4=O)C(=O)C=C(NC(=O)/C(C)=C/C=C\[C@H](OC)[C@@H](OC(N)=O)/C(C)=C/[C@H](C)C1O)C2=O. The number of fused-ring (bicyclic) bond motifs is 4. The number of methoxy groups -OCH3 is 4. The standard InChI is InChI=1S/C59H82N6O16/c1-30-22-38-48(42(66)28-40(52(38)70)64-56(72)32(3)16-13-18-44(76-9)54(80-58(60)74)36(7)26-34(5)50(68)46(24-30)78-11)62-20-15-21-63-49-39-23-31(2)25-47(79-12)51(69)35(6)27-37(8)55(81-59(61)75)45(77-10)19-14-17-33(4)57(73)65-41(53(39)71)29-43(49)67/h13-14,16-19,26-31,34-35,44-47,50-51,54-55,62-63,68-69H,15,20-25H2,1-12H3,(H2,60,74)(H2,61,75)(H,64,72)(H,65,73)/b18-13-,19-14-,32-16+,33-17+,36-26+,37-27+/t30-,31-,34+,35+,44+,45+,46+,47+,50?,51?,54+,55+/m1/s1. The van der Waals surface area contributed by atoms with E-state index in [2.05, 4.69) is 21.3 Å². The van der Waals surface area contributed by atoms with Gasteiger partial charge in [0, 0.05) is 87.8 Å². The molecule has 4 aliphatic rings. The Morgan fingerprint density at radius 1 is 0.593 bits per heavy atom. The van der Waals surface area contributed by atoms with E-state index >= 15 is 0 Å².